The van der Waals surface area contributed by atoms with E-state index in [0.29, 0.717) is 34.3 Å². The molecule has 0 saturated heterocycles. The van der Waals surface area contributed by atoms with Crippen LogP contribution >= 0.6 is 0 Å². The lowest BCUT2D eigenvalue weighted by Crippen LogP contribution is -2.15. The number of nitrogens with one attached hydrogen (secondary N) is 1. The van der Waals surface area contributed by atoms with Gasteiger partial charge in [-0.3, -0.25) is 4.79 Å². The number of nitrogens with zero attached hydrogens (tertiary/aromatic N) is 2. The van der Waals surface area contributed by atoms with Crippen LogP contribution in [-0.4, -0.2) is 37.0 Å². The minimum absolute atomic E-state index is 0.291. The summed E-state index contributed by atoms with van der Waals surface area (Å²) in [5.74, 6) is 0.523. The SMILES string of the molecule is COc1cc(NC(=O)c2nn(-c3ccccc3F)c3c2CCC3)cc(OC)c1OC. The van der Waals surface area contributed by atoms with Crippen molar-refractivity contribution < 1.29 is 23.4 Å². The Labute approximate surface area is 173 Å². The van der Waals surface area contributed by atoms with Crippen molar-refractivity contribution in [1.82, 2.24) is 9.78 Å². The number of methoxy groups -OCH3 is 3. The second kappa shape index (κ2) is 8.06. The second-order valence-corrected chi connectivity index (χ2v) is 6.86. The van der Waals surface area contributed by atoms with Gasteiger partial charge in [-0.25, -0.2) is 9.07 Å². The fraction of sp³-hybridized carbons (Fsp3) is 0.273. The molecule has 30 heavy (non-hydrogen) atoms. The van der Waals surface area contributed by atoms with Gasteiger partial charge in [0, 0.05) is 29.1 Å². The molecule has 0 saturated carbocycles. The van der Waals surface area contributed by atoms with Crippen molar-refractivity contribution >= 4 is 11.6 Å². The van der Waals surface area contributed by atoms with Crippen LogP contribution in [0.1, 0.15) is 28.2 Å². The number of fused-ring (bicyclic) bond motifs is 1. The van der Waals surface area contributed by atoms with Crippen LogP contribution in [0.5, 0.6) is 17.2 Å². The molecule has 1 aliphatic rings. The fourth-order valence-electron chi connectivity index (χ4n) is 3.79. The van der Waals surface area contributed by atoms with E-state index in [1.807, 2.05) is 0 Å². The lowest BCUT2D eigenvalue weighted by molar-refractivity contribution is 0.102. The topological polar surface area (TPSA) is 74.6 Å². The molecule has 4 rings (SSSR count). The third kappa shape index (κ3) is 3.34. The number of carbonyl (C=O) groups is 1. The van der Waals surface area contributed by atoms with Crippen LogP contribution in [0.2, 0.25) is 0 Å². The van der Waals surface area contributed by atoms with Crippen molar-refractivity contribution in [1.29, 1.82) is 0 Å². The quantitative estimate of drug-likeness (QED) is 0.668. The van der Waals surface area contributed by atoms with Gasteiger partial charge < -0.3 is 19.5 Å². The van der Waals surface area contributed by atoms with Crippen LogP contribution in [0.15, 0.2) is 36.4 Å². The summed E-state index contributed by atoms with van der Waals surface area (Å²) < 4.78 is 31.9. The molecule has 8 heteroatoms. The molecule has 0 atom stereocenters. The summed E-state index contributed by atoms with van der Waals surface area (Å²) in [6.07, 6.45) is 2.36. The summed E-state index contributed by atoms with van der Waals surface area (Å²) in [4.78, 5) is 13.1. The summed E-state index contributed by atoms with van der Waals surface area (Å²) in [6.45, 7) is 0. The summed E-state index contributed by atoms with van der Waals surface area (Å²) in [5.41, 5.74) is 2.82. The van der Waals surface area contributed by atoms with Crippen molar-refractivity contribution in [2.24, 2.45) is 0 Å². The molecule has 1 amide bonds. The lowest BCUT2D eigenvalue weighted by Gasteiger charge is -2.14. The van der Waals surface area contributed by atoms with E-state index in [1.54, 1.807) is 35.0 Å². The number of halogens is 1. The lowest BCUT2D eigenvalue weighted by atomic mass is 10.2. The molecule has 0 aliphatic heterocycles. The maximum Gasteiger partial charge on any atom is 0.276 e. The predicted octanol–water partition coefficient (Wildman–Crippen LogP) is 3.78. The van der Waals surface area contributed by atoms with Crippen LogP contribution in [0.4, 0.5) is 10.1 Å². The zero-order chi connectivity index (χ0) is 21.3. The highest BCUT2D eigenvalue weighted by Crippen LogP contribution is 2.40. The first-order chi connectivity index (χ1) is 14.6. The second-order valence-electron chi connectivity index (χ2n) is 6.86. The molecule has 3 aromatic rings. The van der Waals surface area contributed by atoms with Gasteiger partial charge in [-0.1, -0.05) is 12.1 Å². The molecule has 2 aromatic carbocycles. The van der Waals surface area contributed by atoms with E-state index in [-0.39, 0.29) is 11.7 Å². The van der Waals surface area contributed by atoms with Gasteiger partial charge >= 0.3 is 0 Å². The highest BCUT2D eigenvalue weighted by Gasteiger charge is 2.28. The average molecular weight is 411 g/mol. The van der Waals surface area contributed by atoms with Crippen molar-refractivity contribution in [2.75, 3.05) is 26.6 Å². The number of amides is 1. The van der Waals surface area contributed by atoms with Crippen LogP contribution in [-0.2, 0) is 12.8 Å². The number of carbonyl (C=O) groups excluding carboxylic acids is 1. The largest absolute Gasteiger partial charge is 0.493 e. The molecule has 1 aromatic heterocycles. The maximum atomic E-state index is 14.3. The fourth-order valence-corrected chi connectivity index (χ4v) is 3.79. The van der Waals surface area contributed by atoms with Gasteiger partial charge in [-0.2, -0.15) is 5.10 Å². The number of benzene rings is 2. The molecule has 1 N–H and O–H groups in total. The Hall–Kier alpha value is -3.55. The third-order valence-electron chi connectivity index (χ3n) is 5.15. The minimum atomic E-state index is -0.383. The van der Waals surface area contributed by atoms with Gasteiger partial charge in [0.05, 0.1) is 21.3 Å². The highest BCUT2D eigenvalue weighted by atomic mass is 19.1. The standard InChI is InChI=1S/C22H22FN3O4/c1-28-18-11-13(12-19(29-2)21(18)30-3)24-22(27)20-14-7-6-10-16(14)26(25-20)17-9-5-4-8-15(17)23/h4-5,8-9,11-12H,6-7,10H2,1-3H3,(H,24,27). The van der Waals surface area contributed by atoms with Crippen molar-refractivity contribution in [3.8, 4) is 22.9 Å². The van der Waals surface area contributed by atoms with Crippen molar-refractivity contribution in [3.63, 3.8) is 0 Å². The Morgan fingerprint density at radius 1 is 1.07 bits per heavy atom. The third-order valence-corrected chi connectivity index (χ3v) is 5.15. The maximum absolute atomic E-state index is 14.3. The average Bonchev–Trinajstić information content (AvgIpc) is 3.36. The summed E-state index contributed by atoms with van der Waals surface area (Å²) in [6, 6.07) is 9.70. The Balaban J connectivity index is 1.70. The van der Waals surface area contributed by atoms with Crippen LogP contribution in [0.3, 0.4) is 0 Å². The number of para-hydroxylation sites is 1. The van der Waals surface area contributed by atoms with Crippen LogP contribution in [0, 0.1) is 5.82 Å². The number of anilines is 1. The van der Waals surface area contributed by atoms with Gasteiger partial charge in [0.25, 0.3) is 5.91 Å². The minimum Gasteiger partial charge on any atom is -0.493 e. The number of rotatable bonds is 6. The molecule has 0 spiro atoms. The Morgan fingerprint density at radius 3 is 2.40 bits per heavy atom. The van der Waals surface area contributed by atoms with Gasteiger partial charge in [-0.05, 0) is 31.4 Å². The molecule has 1 heterocycles. The summed E-state index contributed by atoms with van der Waals surface area (Å²) in [5, 5.41) is 7.30. The Bertz CT molecular complexity index is 1080. The molecule has 0 unspecified atom stereocenters. The smallest absolute Gasteiger partial charge is 0.276 e. The zero-order valence-electron chi connectivity index (χ0n) is 17.0. The number of aromatic nitrogens is 2. The molecule has 156 valence electrons. The van der Waals surface area contributed by atoms with E-state index in [1.165, 1.54) is 27.4 Å². The summed E-state index contributed by atoms with van der Waals surface area (Å²) >= 11 is 0. The van der Waals surface area contributed by atoms with E-state index in [4.69, 9.17) is 14.2 Å². The number of hydrogen-bond acceptors (Lipinski definition) is 5. The number of ether oxygens (including phenoxy) is 3. The van der Waals surface area contributed by atoms with Gasteiger partial charge in [0.1, 0.15) is 11.5 Å². The van der Waals surface area contributed by atoms with Crippen LogP contribution in [0.25, 0.3) is 5.69 Å². The molecule has 0 fully saturated rings. The molecule has 0 bridgehead atoms. The molecule has 0 radical (unpaired) electrons. The predicted molar refractivity (Wildman–Crippen MR) is 110 cm³/mol. The number of hydrogen-bond donors (Lipinski definition) is 1. The Morgan fingerprint density at radius 2 is 1.77 bits per heavy atom. The molecule has 7 nitrogen and oxygen atoms in total. The van der Waals surface area contributed by atoms with Crippen molar-refractivity contribution in [2.45, 2.75) is 19.3 Å². The molecule has 1 aliphatic carbocycles. The van der Waals surface area contributed by atoms with E-state index in [9.17, 15) is 9.18 Å². The van der Waals surface area contributed by atoms with E-state index < -0.39 is 0 Å². The molecular weight excluding hydrogens is 389 g/mol. The van der Waals surface area contributed by atoms with Gasteiger partial charge in [0.2, 0.25) is 5.75 Å². The zero-order valence-corrected chi connectivity index (χ0v) is 17.0. The van der Waals surface area contributed by atoms with Crippen LogP contribution < -0.4 is 19.5 Å². The van der Waals surface area contributed by atoms with Gasteiger partial charge in [-0.15, -0.1) is 0 Å². The van der Waals surface area contributed by atoms with E-state index >= 15 is 0 Å². The molecular formula is C22H22FN3O4. The normalized spacial score (nSPS) is 12.4. The first-order valence-electron chi connectivity index (χ1n) is 9.54. The first kappa shape index (κ1) is 19.8. The van der Waals surface area contributed by atoms with Crippen molar-refractivity contribution in [3.05, 3.63) is 59.2 Å². The Kier molecular flexibility index (Phi) is 5.31. The summed E-state index contributed by atoms with van der Waals surface area (Å²) in [7, 11) is 4.52. The van der Waals surface area contributed by atoms with E-state index in [0.717, 1.165) is 30.5 Å². The first-order valence-corrected chi connectivity index (χ1v) is 9.54. The van der Waals surface area contributed by atoms with E-state index in [2.05, 4.69) is 10.4 Å². The highest BCUT2D eigenvalue weighted by molar-refractivity contribution is 6.04. The monoisotopic (exact) mass is 411 g/mol. The van der Waals surface area contributed by atoms with Gasteiger partial charge in [0.15, 0.2) is 17.2 Å².